The summed E-state index contributed by atoms with van der Waals surface area (Å²) >= 11 is 0. The minimum Gasteiger partial charge on any atom is -0.385 e. The van der Waals surface area contributed by atoms with E-state index in [9.17, 15) is 8.78 Å². The molecule has 0 spiro atoms. The van der Waals surface area contributed by atoms with Crippen molar-refractivity contribution in [2.24, 2.45) is 5.84 Å². The van der Waals surface area contributed by atoms with Crippen molar-refractivity contribution in [3.63, 3.8) is 0 Å². The van der Waals surface area contributed by atoms with Crippen molar-refractivity contribution in [1.29, 1.82) is 0 Å². The summed E-state index contributed by atoms with van der Waals surface area (Å²) < 4.78 is 24.3. The third kappa shape index (κ3) is 4.04. The number of anilines is 2. The molecule has 6 nitrogen and oxygen atoms in total. The smallest absolute Gasteiger partial charge is 0.265 e. The Morgan fingerprint density at radius 2 is 1.94 bits per heavy atom. The first kappa shape index (κ1) is 14.5. The van der Waals surface area contributed by atoms with Gasteiger partial charge >= 0.3 is 0 Å². The average Bonchev–Trinajstić information content (AvgIpc) is 2.35. The molecule has 1 heterocycles. The van der Waals surface area contributed by atoms with E-state index in [1.165, 1.54) is 6.07 Å². The maximum Gasteiger partial charge on any atom is 0.265 e. The van der Waals surface area contributed by atoms with Gasteiger partial charge in [-0.25, -0.2) is 24.6 Å². The number of halogens is 2. The molecule has 0 aromatic carbocycles. The molecule has 102 valence electrons. The van der Waals surface area contributed by atoms with Crippen LogP contribution in [0.4, 0.5) is 20.4 Å². The van der Waals surface area contributed by atoms with Crippen molar-refractivity contribution in [2.45, 2.75) is 32.3 Å². The summed E-state index contributed by atoms with van der Waals surface area (Å²) in [5.41, 5.74) is 2.37. The quantitative estimate of drug-likeness (QED) is 0.449. The van der Waals surface area contributed by atoms with Crippen LogP contribution in [-0.2, 0) is 0 Å². The molecule has 1 aromatic rings. The predicted molar refractivity (Wildman–Crippen MR) is 64.4 cm³/mol. The van der Waals surface area contributed by atoms with E-state index in [1.54, 1.807) is 0 Å². The Bertz CT molecular complexity index is 389. The SMILES string of the molecule is CC(C)c1nc(NN)cc(NCC(O)C(F)F)n1. The van der Waals surface area contributed by atoms with Crippen molar-refractivity contribution in [2.75, 3.05) is 17.3 Å². The average molecular weight is 261 g/mol. The minimum absolute atomic E-state index is 0.0684. The highest BCUT2D eigenvalue weighted by Gasteiger charge is 2.17. The van der Waals surface area contributed by atoms with Crippen molar-refractivity contribution in [3.8, 4) is 0 Å². The van der Waals surface area contributed by atoms with Gasteiger partial charge in [0.15, 0.2) is 0 Å². The second kappa shape index (κ2) is 6.41. The van der Waals surface area contributed by atoms with Gasteiger partial charge in [-0.2, -0.15) is 0 Å². The Morgan fingerprint density at radius 1 is 1.33 bits per heavy atom. The van der Waals surface area contributed by atoms with Gasteiger partial charge in [0.05, 0.1) is 0 Å². The van der Waals surface area contributed by atoms with Gasteiger partial charge in [-0.15, -0.1) is 0 Å². The van der Waals surface area contributed by atoms with E-state index in [4.69, 9.17) is 10.9 Å². The molecule has 18 heavy (non-hydrogen) atoms. The van der Waals surface area contributed by atoms with Gasteiger partial charge < -0.3 is 15.8 Å². The number of nitrogen functional groups attached to an aromatic ring is 1. The van der Waals surface area contributed by atoms with Crippen LogP contribution in [0.5, 0.6) is 0 Å². The monoisotopic (exact) mass is 261 g/mol. The lowest BCUT2D eigenvalue weighted by Gasteiger charge is -2.13. The number of hydrogen-bond donors (Lipinski definition) is 4. The summed E-state index contributed by atoms with van der Waals surface area (Å²) in [6.07, 6.45) is -4.53. The molecule has 0 saturated heterocycles. The normalized spacial score (nSPS) is 12.9. The van der Waals surface area contributed by atoms with Crippen LogP contribution in [0.2, 0.25) is 0 Å². The van der Waals surface area contributed by atoms with E-state index in [1.807, 2.05) is 13.8 Å². The van der Waals surface area contributed by atoms with Crippen LogP contribution in [0.3, 0.4) is 0 Å². The van der Waals surface area contributed by atoms with Gasteiger partial charge in [-0.05, 0) is 0 Å². The fourth-order valence-electron chi connectivity index (χ4n) is 1.19. The zero-order chi connectivity index (χ0) is 13.7. The Kier molecular flexibility index (Phi) is 5.17. The molecule has 0 radical (unpaired) electrons. The number of aromatic nitrogens is 2. The summed E-state index contributed by atoms with van der Waals surface area (Å²) in [6, 6.07) is 1.48. The second-order valence-corrected chi connectivity index (χ2v) is 4.08. The fourth-order valence-corrected chi connectivity index (χ4v) is 1.19. The first-order chi connectivity index (χ1) is 8.43. The maximum atomic E-state index is 12.1. The molecule has 8 heteroatoms. The molecule has 0 amide bonds. The zero-order valence-electron chi connectivity index (χ0n) is 10.2. The van der Waals surface area contributed by atoms with Crippen molar-refractivity contribution >= 4 is 11.6 Å². The van der Waals surface area contributed by atoms with E-state index in [0.717, 1.165) is 0 Å². The predicted octanol–water partition coefficient (Wildman–Crippen LogP) is 0.924. The summed E-state index contributed by atoms with van der Waals surface area (Å²) in [4.78, 5) is 8.25. The number of nitrogens with one attached hydrogen (secondary N) is 2. The standard InChI is InChI=1S/C10H17F2N5O/c1-5(2)10-15-7(3-8(16-10)17-13)14-4-6(18)9(11)12/h3,5-6,9,18H,4,13H2,1-2H3,(H2,14,15,16,17). The van der Waals surface area contributed by atoms with Crippen molar-refractivity contribution < 1.29 is 13.9 Å². The number of aliphatic hydroxyl groups is 1. The number of hydrogen-bond acceptors (Lipinski definition) is 6. The molecule has 0 aliphatic carbocycles. The highest BCUT2D eigenvalue weighted by Crippen LogP contribution is 2.16. The molecule has 0 saturated carbocycles. The van der Waals surface area contributed by atoms with Crippen molar-refractivity contribution in [1.82, 2.24) is 9.97 Å². The number of nitrogens with two attached hydrogens (primary N) is 1. The van der Waals surface area contributed by atoms with Crippen LogP contribution in [0.15, 0.2) is 6.07 Å². The summed E-state index contributed by atoms with van der Waals surface area (Å²) in [5.74, 6) is 6.56. The lowest BCUT2D eigenvalue weighted by atomic mass is 10.2. The molecule has 1 atom stereocenters. The third-order valence-corrected chi connectivity index (χ3v) is 2.19. The second-order valence-electron chi connectivity index (χ2n) is 4.08. The lowest BCUT2D eigenvalue weighted by Crippen LogP contribution is -2.27. The molecule has 0 aliphatic heterocycles. The van der Waals surface area contributed by atoms with Gasteiger partial charge in [0, 0.05) is 18.5 Å². The number of nitrogens with zero attached hydrogens (tertiary/aromatic N) is 2. The Balaban J connectivity index is 2.78. The number of aliphatic hydroxyl groups excluding tert-OH is 1. The maximum absolute atomic E-state index is 12.1. The molecule has 0 aliphatic rings. The van der Waals surface area contributed by atoms with E-state index >= 15 is 0 Å². The van der Waals surface area contributed by atoms with Gasteiger partial charge in [0.2, 0.25) is 0 Å². The van der Waals surface area contributed by atoms with Crippen LogP contribution < -0.4 is 16.6 Å². The molecule has 5 N–H and O–H groups in total. The number of alkyl halides is 2. The fraction of sp³-hybridized carbons (Fsp3) is 0.600. The van der Waals surface area contributed by atoms with Crippen LogP contribution in [0, 0.1) is 0 Å². The highest BCUT2D eigenvalue weighted by molar-refractivity contribution is 5.47. The largest absolute Gasteiger partial charge is 0.385 e. The molecule has 0 bridgehead atoms. The Morgan fingerprint density at radius 3 is 2.44 bits per heavy atom. The van der Waals surface area contributed by atoms with Gasteiger partial charge in [-0.1, -0.05) is 13.8 Å². The molecule has 0 fully saturated rings. The van der Waals surface area contributed by atoms with E-state index in [-0.39, 0.29) is 12.5 Å². The first-order valence-electron chi connectivity index (χ1n) is 5.49. The Hall–Kier alpha value is -1.54. The molecular weight excluding hydrogens is 244 g/mol. The van der Waals surface area contributed by atoms with Crippen LogP contribution in [-0.4, -0.2) is 34.1 Å². The number of rotatable bonds is 6. The van der Waals surface area contributed by atoms with Crippen LogP contribution in [0.25, 0.3) is 0 Å². The summed E-state index contributed by atoms with van der Waals surface area (Å²) in [6.45, 7) is 3.50. The molecule has 1 aromatic heterocycles. The molecular formula is C10H17F2N5O. The Labute approximate surface area is 104 Å². The third-order valence-electron chi connectivity index (χ3n) is 2.19. The first-order valence-corrected chi connectivity index (χ1v) is 5.49. The molecule has 1 rings (SSSR count). The minimum atomic E-state index is -2.80. The lowest BCUT2D eigenvalue weighted by molar-refractivity contribution is 0.00380. The van der Waals surface area contributed by atoms with Crippen LogP contribution in [0.1, 0.15) is 25.6 Å². The number of hydrazine groups is 1. The topological polar surface area (TPSA) is 96.1 Å². The zero-order valence-corrected chi connectivity index (χ0v) is 10.2. The van der Waals surface area contributed by atoms with Gasteiger partial charge in [-0.3, -0.25) is 0 Å². The highest BCUT2D eigenvalue weighted by atomic mass is 19.3. The van der Waals surface area contributed by atoms with Crippen molar-refractivity contribution in [3.05, 3.63) is 11.9 Å². The summed E-state index contributed by atoms with van der Waals surface area (Å²) in [5, 5.41) is 11.6. The van der Waals surface area contributed by atoms with E-state index < -0.39 is 12.5 Å². The van der Waals surface area contributed by atoms with Gasteiger partial charge in [0.1, 0.15) is 23.6 Å². The van der Waals surface area contributed by atoms with E-state index in [0.29, 0.717) is 17.5 Å². The summed E-state index contributed by atoms with van der Waals surface area (Å²) in [7, 11) is 0. The molecule has 1 unspecified atom stereocenters. The van der Waals surface area contributed by atoms with Gasteiger partial charge in [0.25, 0.3) is 6.43 Å². The van der Waals surface area contributed by atoms with E-state index in [2.05, 4.69) is 20.7 Å². The van der Waals surface area contributed by atoms with Crippen LogP contribution >= 0.6 is 0 Å².